The highest BCUT2D eigenvalue weighted by Gasteiger charge is 2.39. The van der Waals surface area contributed by atoms with Crippen molar-refractivity contribution in [2.24, 2.45) is 23.1 Å². The molecule has 1 aliphatic carbocycles. The molecule has 0 saturated heterocycles. The Morgan fingerprint density at radius 2 is 1.55 bits per heavy atom. The van der Waals surface area contributed by atoms with Crippen molar-refractivity contribution in [3.05, 3.63) is 144 Å². The van der Waals surface area contributed by atoms with Crippen molar-refractivity contribution in [3.8, 4) is 0 Å². The summed E-state index contributed by atoms with van der Waals surface area (Å²) in [7, 11) is 0. The van der Waals surface area contributed by atoms with Gasteiger partial charge in [0.15, 0.2) is 5.96 Å². The maximum absolute atomic E-state index is 13.3. The maximum atomic E-state index is 13.3. The molecular weight excluding hydrogens is 846 g/mol. The van der Waals surface area contributed by atoms with E-state index < -0.39 is 36.1 Å². The van der Waals surface area contributed by atoms with Crippen LogP contribution in [-0.4, -0.2) is 84.9 Å². The molecule has 0 aliphatic heterocycles. The summed E-state index contributed by atoms with van der Waals surface area (Å²) in [6.07, 6.45) is 8.69. The zero-order valence-corrected chi connectivity index (χ0v) is 37.4. The maximum Gasteiger partial charge on any atom is 0.306 e. The second-order valence-electron chi connectivity index (χ2n) is 16.6. The van der Waals surface area contributed by atoms with Crippen LogP contribution in [0.15, 0.2) is 108 Å². The zero-order valence-electron chi connectivity index (χ0n) is 37.4. The van der Waals surface area contributed by atoms with Gasteiger partial charge >= 0.3 is 5.97 Å². The first-order valence-corrected chi connectivity index (χ1v) is 22.1. The van der Waals surface area contributed by atoms with Gasteiger partial charge in [0, 0.05) is 44.7 Å². The number of hydrogen-bond donors (Lipinski definition) is 8. The molecule has 4 atom stereocenters. The number of carboxylic acids is 1. The van der Waals surface area contributed by atoms with Crippen LogP contribution in [0.4, 0.5) is 4.39 Å². The fourth-order valence-electron chi connectivity index (χ4n) is 7.82. The first kappa shape index (κ1) is 50.1. The number of benzene rings is 3. The number of aliphatic carboxylic acids is 1. The molecule has 2 aromatic heterocycles. The fourth-order valence-corrected chi connectivity index (χ4v) is 7.82. The number of halogens is 1. The highest BCUT2D eigenvalue weighted by Crippen LogP contribution is 2.30. The number of hydrogen-bond acceptors (Lipinski definition) is 10. The lowest BCUT2D eigenvalue weighted by Gasteiger charge is -2.41. The number of amides is 3. The molecule has 0 spiro atoms. The minimum Gasteiger partial charge on any atom is -0.481 e. The summed E-state index contributed by atoms with van der Waals surface area (Å²) >= 11 is 0. The van der Waals surface area contributed by atoms with Gasteiger partial charge in [0.1, 0.15) is 23.7 Å². The van der Waals surface area contributed by atoms with E-state index in [1.54, 1.807) is 43.4 Å². The van der Waals surface area contributed by atoms with Crippen molar-refractivity contribution >= 4 is 29.7 Å². The number of nitrogens with zero attached hydrogens (tertiary/aromatic N) is 4. The molecule has 2 heterocycles. The fraction of sp³-hybridized carbons (Fsp3) is 0.396. The van der Waals surface area contributed by atoms with Gasteiger partial charge in [-0.15, -0.1) is 0 Å². The number of carbonyl (C=O) groups is 4. The first-order chi connectivity index (χ1) is 31.7. The smallest absolute Gasteiger partial charge is 0.306 e. The Morgan fingerprint density at radius 3 is 2.14 bits per heavy atom. The Morgan fingerprint density at radius 1 is 0.894 bits per heavy atom. The molecule has 352 valence electrons. The minimum atomic E-state index is -0.828. The zero-order chi connectivity index (χ0) is 47.6. The average Bonchev–Trinajstić information content (AvgIpc) is 3.95. The van der Waals surface area contributed by atoms with Gasteiger partial charge < -0.3 is 52.1 Å². The summed E-state index contributed by atoms with van der Waals surface area (Å²) in [5.41, 5.74) is 21.2. The van der Waals surface area contributed by atoms with Crippen molar-refractivity contribution in [3.63, 3.8) is 0 Å². The van der Waals surface area contributed by atoms with Gasteiger partial charge in [0.2, 0.25) is 23.6 Å². The van der Waals surface area contributed by atoms with Crippen molar-refractivity contribution in [2.75, 3.05) is 6.54 Å². The van der Waals surface area contributed by atoms with E-state index in [4.69, 9.17) is 27.0 Å². The number of nitrogens with two attached hydrogens (primary N) is 3. The van der Waals surface area contributed by atoms with Gasteiger partial charge in [-0.1, -0.05) is 72.8 Å². The molecule has 17 nitrogen and oxygen atoms in total. The van der Waals surface area contributed by atoms with Gasteiger partial charge in [-0.2, -0.15) is 0 Å². The molecule has 1 fully saturated rings. The van der Waals surface area contributed by atoms with E-state index in [9.17, 15) is 28.7 Å². The van der Waals surface area contributed by atoms with Crippen molar-refractivity contribution < 1.29 is 33.1 Å². The molecule has 11 N–H and O–H groups in total. The number of aryl methyl sites for hydroxylation is 1. The van der Waals surface area contributed by atoms with Crippen molar-refractivity contribution in [2.45, 2.75) is 109 Å². The number of carbonyl (C=O) groups excluding carboxylic acids is 3. The van der Waals surface area contributed by atoms with Gasteiger partial charge in [-0.05, 0) is 81.2 Å². The van der Waals surface area contributed by atoms with Gasteiger partial charge in [0.05, 0.1) is 36.2 Å². The van der Waals surface area contributed by atoms with E-state index in [1.807, 2.05) is 71.4 Å². The lowest BCUT2D eigenvalue weighted by atomic mass is 9.84. The Labute approximate surface area is 384 Å². The largest absolute Gasteiger partial charge is 0.481 e. The lowest BCUT2D eigenvalue weighted by Crippen LogP contribution is -2.58. The van der Waals surface area contributed by atoms with Gasteiger partial charge in [0.25, 0.3) is 0 Å². The quantitative estimate of drug-likeness (QED) is 0.0312. The van der Waals surface area contributed by atoms with E-state index in [-0.39, 0.29) is 35.5 Å². The second kappa shape index (κ2) is 25.0. The minimum absolute atomic E-state index is 0.157. The summed E-state index contributed by atoms with van der Waals surface area (Å²) in [5.74, 6) is -1.67. The van der Waals surface area contributed by atoms with Crippen molar-refractivity contribution in [1.82, 2.24) is 35.4 Å². The predicted molar refractivity (Wildman–Crippen MR) is 247 cm³/mol. The van der Waals surface area contributed by atoms with Crippen LogP contribution >= 0.6 is 0 Å². The van der Waals surface area contributed by atoms with E-state index in [2.05, 4.69) is 25.9 Å². The van der Waals surface area contributed by atoms with E-state index in [0.29, 0.717) is 82.7 Å². The second-order valence-corrected chi connectivity index (χ2v) is 16.6. The van der Waals surface area contributed by atoms with Crippen LogP contribution in [-0.2, 0) is 45.1 Å². The predicted octanol–water partition coefficient (Wildman–Crippen LogP) is 4.09. The number of carboxylic acid groups (broad SMARTS) is 1. The monoisotopic (exact) mass is 907 g/mol. The van der Waals surface area contributed by atoms with Crippen LogP contribution in [0.5, 0.6) is 0 Å². The van der Waals surface area contributed by atoms with Crippen LogP contribution in [0.1, 0.15) is 85.5 Å². The highest BCUT2D eigenvalue weighted by molar-refractivity contribution is 5.90. The Balaban J connectivity index is 0.000000247. The number of oxazole rings is 1. The number of imidazole rings is 1. The Bertz CT molecular complexity index is 2320. The normalized spacial score (nSPS) is 16.3. The van der Waals surface area contributed by atoms with Gasteiger partial charge in [-0.3, -0.25) is 24.6 Å². The van der Waals surface area contributed by atoms with Crippen LogP contribution in [0.2, 0.25) is 0 Å². The number of rotatable bonds is 20. The average molecular weight is 908 g/mol. The molecule has 3 aromatic carbocycles. The third-order valence-electron chi connectivity index (χ3n) is 11.3. The number of guanidine groups is 1. The molecule has 1 saturated carbocycles. The Hall–Kier alpha value is -6.92. The molecular formula is C48H62FN11O6. The summed E-state index contributed by atoms with van der Waals surface area (Å²) in [4.78, 5) is 60.9. The van der Waals surface area contributed by atoms with Gasteiger partial charge in [-0.25, -0.2) is 14.4 Å². The number of nitrogens with one attached hydrogen (secondary N) is 4. The van der Waals surface area contributed by atoms with Crippen LogP contribution in [0, 0.1) is 24.1 Å². The van der Waals surface area contributed by atoms with E-state index >= 15 is 0 Å². The molecule has 5 aromatic rings. The molecule has 0 bridgehead atoms. The Kier molecular flexibility index (Phi) is 18.9. The standard InChI is InChI=1S/C25H26FN5O2.C23H36N6O4/c1-17-13-28-25(33-17)23(11-18-7-9-20(26)10-8-18)30-24(32)22(27)12-21-15-31(16-29-21)14-19-5-3-2-4-6-19;1-15(24)21(31)29(18-11-9-17(10-12-18)22(32)33)19(8-5-13-27-23(25)26)20(30)28-14-16-6-3-2-4-7-16/h2-10,13,15-16,22-23H,11-12,14,27H2,1H3,(H,30,32);2-4,6-7,15,17-19H,5,8-14,24H2,1H3,(H,28,30)(H,32,33)(H4,25,26,27)/t22?,23-;15-,17?,18?,19-/m00/s1. The SMILES string of the molecule is C[C@H](N)C(=O)N(C1CCC(C(=O)O)CC1)[C@@H](CCCNC(=N)N)C(=O)NCc1ccccc1.Cc1cnc([C@H](Cc2ccc(F)cc2)NC(=O)C(N)Cc2cn(Cc3ccccc3)cn2)o1. The van der Waals surface area contributed by atoms with Crippen LogP contribution in [0.25, 0.3) is 0 Å². The third-order valence-corrected chi connectivity index (χ3v) is 11.3. The summed E-state index contributed by atoms with van der Waals surface area (Å²) in [6, 6.07) is 22.5. The van der Waals surface area contributed by atoms with Crippen LogP contribution < -0.4 is 33.2 Å². The van der Waals surface area contributed by atoms with Crippen molar-refractivity contribution in [1.29, 1.82) is 5.41 Å². The van der Waals surface area contributed by atoms with E-state index in [1.165, 1.54) is 12.1 Å². The molecule has 1 unspecified atom stereocenters. The first-order valence-electron chi connectivity index (χ1n) is 22.1. The molecule has 18 heteroatoms. The topological polar surface area (TPSA) is 274 Å². The summed E-state index contributed by atoms with van der Waals surface area (Å²) < 4.78 is 20.9. The lowest BCUT2D eigenvalue weighted by molar-refractivity contribution is -0.147. The molecule has 66 heavy (non-hydrogen) atoms. The molecule has 0 radical (unpaired) electrons. The molecule has 6 rings (SSSR count). The summed E-state index contributed by atoms with van der Waals surface area (Å²) in [6.45, 7) is 4.79. The molecule has 3 amide bonds. The third kappa shape index (κ3) is 15.7. The van der Waals surface area contributed by atoms with E-state index in [0.717, 1.165) is 22.4 Å². The highest BCUT2D eigenvalue weighted by atomic mass is 19.1. The summed E-state index contributed by atoms with van der Waals surface area (Å²) in [5, 5.41) is 25.2. The molecule has 1 aliphatic rings. The number of aromatic nitrogens is 3. The van der Waals surface area contributed by atoms with Crippen LogP contribution in [0.3, 0.4) is 0 Å².